The molecular formula is C11H18N4O. The molecule has 0 aliphatic heterocycles. The zero-order valence-electron chi connectivity index (χ0n) is 9.49. The number of aromatic nitrogens is 2. The molecule has 0 aromatic carbocycles. The fraction of sp³-hybridized carbons (Fsp3) is 0.636. The van der Waals surface area contributed by atoms with Gasteiger partial charge in [0.25, 0.3) is 5.56 Å². The van der Waals surface area contributed by atoms with Crippen LogP contribution in [-0.2, 0) is 0 Å². The van der Waals surface area contributed by atoms with Gasteiger partial charge in [0, 0.05) is 6.54 Å². The van der Waals surface area contributed by atoms with Gasteiger partial charge in [0.05, 0.1) is 6.33 Å². The summed E-state index contributed by atoms with van der Waals surface area (Å²) in [4.78, 5) is 17.7. The molecule has 1 aromatic heterocycles. The quantitative estimate of drug-likeness (QED) is 0.717. The summed E-state index contributed by atoms with van der Waals surface area (Å²) in [6.45, 7) is 3.13. The number of aromatic amines is 1. The Labute approximate surface area is 94.5 Å². The fourth-order valence-electron chi connectivity index (χ4n) is 2.30. The van der Waals surface area contributed by atoms with Crippen molar-refractivity contribution in [2.45, 2.75) is 26.2 Å². The molecule has 2 unspecified atom stereocenters. The SMILES string of the molecule is CC1CCC(CNc2nc[nH]c(=O)c2N)C1. The van der Waals surface area contributed by atoms with Crippen LogP contribution < -0.4 is 16.6 Å². The summed E-state index contributed by atoms with van der Waals surface area (Å²) in [5, 5.41) is 3.16. The Morgan fingerprint density at radius 2 is 2.44 bits per heavy atom. The van der Waals surface area contributed by atoms with E-state index in [1.807, 2.05) is 0 Å². The highest BCUT2D eigenvalue weighted by molar-refractivity contribution is 5.58. The van der Waals surface area contributed by atoms with Crippen molar-refractivity contribution in [2.75, 3.05) is 17.6 Å². The van der Waals surface area contributed by atoms with Crippen LogP contribution in [0.3, 0.4) is 0 Å². The first-order valence-electron chi connectivity index (χ1n) is 5.74. The molecule has 1 heterocycles. The third kappa shape index (κ3) is 2.35. The number of nitrogens with zero attached hydrogens (tertiary/aromatic N) is 1. The normalized spacial score (nSPS) is 24.6. The Kier molecular flexibility index (Phi) is 3.12. The van der Waals surface area contributed by atoms with E-state index in [0.717, 1.165) is 12.5 Å². The van der Waals surface area contributed by atoms with E-state index >= 15 is 0 Å². The minimum absolute atomic E-state index is 0.175. The molecule has 1 aliphatic rings. The molecule has 0 bridgehead atoms. The molecule has 16 heavy (non-hydrogen) atoms. The maximum Gasteiger partial charge on any atom is 0.276 e. The molecule has 4 N–H and O–H groups in total. The minimum atomic E-state index is -0.280. The zero-order chi connectivity index (χ0) is 11.5. The van der Waals surface area contributed by atoms with Crippen LogP contribution in [0.4, 0.5) is 11.5 Å². The standard InChI is InChI=1S/C11H18N4O/c1-7-2-3-8(4-7)5-13-10-9(12)11(16)15-6-14-10/h6-8H,2-5,12H2,1H3,(H2,13,14,15,16). The fourth-order valence-corrected chi connectivity index (χ4v) is 2.30. The molecule has 2 atom stereocenters. The largest absolute Gasteiger partial charge is 0.391 e. The van der Waals surface area contributed by atoms with Gasteiger partial charge < -0.3 is 16.0 Å². The van der Waals surface area contributed by atoms with Crippen LogP contribution in [0.5, 0.6) is 0 Å². The maximum atomic E-state index is 11.2. The van der Waals surface area contributed by atoms with Crippen molar-refractivity contribution in [3.63, 3.8) is 0 Å². The lowest BCUT2D eigenvalue weighted by Gasteiger charge is -2.12. The van der Waals surface area contributed by atoms with Gasteiger partial charge in [-0.1, -0.05) is 13.3 Å². The molecule has 2 rings (SSSR count). The van der Waals surface area contributed by atoms with Crippen LogP contribution >= 0.6 is 0 Å². The van der Waals surface area contributed by atoms with Gasteiger partial charge in [-0.25, -0.2) is 4.98 Å². The lowest BCUT2D eigenvalue weighted by Crippen LogP contribution is -2.19. The number of hydrogen-bond donors (Lipinski definition) is 3. The third-order valence-corrected chi connectivity index (χ3v) is 3.25. The van der Waals surface area contributed by atoms with Gasteiger partial charge in [-0.2, -0.15) is 0 Å². The number of anilines is 2. The second kappa shape index (κ2) is 4.55. The van der Waals surface area contributed by atoms with Crippen LogP contribution in [0.2, 0.25) is 0 Å². The smallest absolute Gasteiger partial charge is 0.276 e. The molecule has 1 aromatic rings. The number of nitrogen functional groups attached to an aromatic ring is 1. The van der Waals surface area contributed by atoms with Gasteiger partial charge in [-0.05, 0) is 24.7 Å². The molecule has 1 saturated carbocycles. The van der Waals surface area contributed by atoms with E-state index in [4.69, 9.17) is 5.73 Å². The predicted molar refractivity (Wildman–Crippen MR) is 64.3 cm³/mol. The first-order chi connectivity index (χ1) is 7.66. The maximum absolute atomic E-state index is 11.2. The summed E-state index contributed by atoms with van der Waals surface area (Å²) in [6, 6.07) is 0. The van der Waals surface area contributed by atoms with E-state index in [2.05, 4.69) is 22.2 Å². The number of nitrogens with two attached hydrogens (primary N) is 1. The Morgan fingerprint density at radius 3 is 3.12 bits per heavy atom. The highest BCUT2D eigenvalue weighted by Gasteiger charge is 2.21. The van der Waals surface area contributed by atoms with Crippen LogP contribution in [0.25, 0.3) is 0 Å². The second-order valence-corrected chi connectivity index (χ2v) is 4.66. The van der Waals surface area contributed by atoms with Crippen molar-refractivity contribution in [1.82, 2.24) is 9.97 Å². The van der Waals surface area contributed by atoms with E-state index in [-0.39, 0.29) is 11.2 Å². The Hall–Kier alpha value is -1.52. The van der Waals surface area contributed by atoms with E-state index in [9.17, 15) is 4.79 Å². The van der Waals surface area contributed by atoms with Crippen LogP contribution in [0.15, 0.2) is 11.1 Å². The number of hydrogen-bond acceptors (Lipinski definition) is 4. The average Bonchev–Trinajstić information content (AvgIpc) is 2.67. The Balaban J connectivity index is 1.95. The third-order valence-electron chi connectivity index (χ3n) is 3.25. The molecule has 1 fully saturated rings. The van der Waals surface area contributed by atoms with E-state index in [1.165, 1.54) is 25.6 Å². The number of nitrogens with one attached hydrogen (secondary N) is 2. The summed E-state index contributed by atoms with van der Waals surface area (Å²) in [6.07, 6.45) is 5.16. The van der Waals surface area contributed by atoms with Crippen molar-refractivity contribution in [2.24, 2.45) is 11.8 Å². The van der Waals surface area contributed by atoms with E-state index in [0.29, 0.717) is 11.7 Å². The van der Waals surface area contributed by atoms with Crippen molar-refractivity contribution in [3.05, 3.63) is 16.7 Å². The number of rotatable bonds is 3. The van der Waals surface area contributed by atoms with Gasteiger partial charge >= 0.3 is 0 Å². The summed E-state index contributed by atoms with van der Waals surface area (Å²) in [5.74, 6) is 2.00. The highest BCUT2D eigenvalue weighted by Crippen LogP contribution is 2.30. The molecule has 88 valence electrons. The van der Waals surface area contributed by atoms with Crippen LogP contribution in [0.1, 0.15) is 26.2 Å². The molecule has 5 heteroatoms. The van der Waals surface area contributed by atoms with Gasteiger partial charge in [-0.3, -0.25) is 4.79 Å². The lowest BCUT2D eigenvalue weighted by molar-refractivity contribution is 0.536. The van der Waals surface area contributed by atoms with Crippen LogP contribution in [-0.4, -0.2) is 16.5 Å². The molecule has 5 nitrogen and oxygen atoms in total. The average molecular weight is 222 g/mol. The van der Waals surface area contributed by atoms with Gasteiger partial charge in [0.2, 0.25) is 0 Å². The first-order valence-corrected chi connectivity index (χ1v) is 5.74. The summed E-state index contributed by atoms with van der Waals surface area (Å²) in [5.41, 5.74) is 5.52. The zero-order valence-corrected chi connectivity index (χ0v) is 9.49. The van der Waals surface area contributed by atoms with Gasteiger partial charge in [0.1, 0.15) is 5.69 Å². The summed E-state index contributed by atoms with van der Waals surface area (Å²) in [7, 11) is 0. The molecule has 1 aliphatic carbocycles. The monoisotopic (exact) mass is 222 g/mol. The topological polar surface area (TPSA) is 83.8 Å². The van der Waals surface area contributed by atoms with Crippen molar-refractivity contribution in [3.8, 4) is 0 Å². The molecule has 0 amide bonds. The Bertz CT molecular complexity index is 415. The van der Waals surface area contributed by atoms with Crippen molar-refractivity contribution < 1.29 is 0 Å². The van der Waals surface area contributed by atoms with Crippen molar-refractivity contribution >= 4 is 11.5 Å². The summed E-state index contributed by atoms with van der Waals surface area (Å²) < 4.78 is 0. The predicted octanol–water partition coefficient (Wildman–Crippen LogP) is 1.20. The minimum Gasteiger partial charge on any atom is -0.391 e. The Morgan fingerprint density at radius 1 is 1.62 bits per heavy atom. The first kappa shape index (κ1) is 11.0. The number of H-pyrrole nitrogens is 1. The highest BCUT2D eigenvalue weighted by atomic mass is 16.1. The molecule has 0 saturated heterocycles. The second-order valence-electron chi connectivity index (χ2n) is 4.66. The lowest BCUT2D eigenvalue weighted by atomic mass is 10.1. The summed E-state index contributed by atoms with van der Waals surface area (Å²) >= 11 is 0. The molecular weight excluding hydrogens is 204 g/mol. The van der Waals surface area contributed by atoms with E-state index < -0.39 is 0 Å². The molecule has 0 radical (unpaired) electrons. The van der Waals surface area contributed by atoms with E-state index in [1.54, 1.807) is 0 Å². The molecule has 0 spiro atoms. The van der Waals surface area contributed by atoms with Gasteiger partial charge in [0.15, 0.2) is 5.82 Å². The van der Waals surface area contributed by atoms with Crippen molar-refractivity contribution in [1.29, 1.82) is 0 Å². The van der Waals surface area contributed by atoms with Gasteiger partial charge in [-0.15, -0.1) is 0 Å². The van der Waals surface area contributed by atoms with Crippen LogP contribution in [0, 0.1) is 11.8 Å².